The van der Waals surface area contributed by atoms with Gasteiger partial charge in [0, 0.05) is 36.1 Å². The summed E-state index contributed by atoms with van der Waals surface area (Å²) in [4.78, 5) is 18.9. The van der Waals surface area contributed by atoms with Gasteiger partial charge in [0.05, 0.1) is 5.57 Å². The second-order valence-electron chi connectivity index (χ2n) is 7.13. The molecule has 0 aliphatic carbocycles. The molecule has 1 aliphatic rings. The van der Waals surface area contributed by atoms with Crippen molar-refractivity contribution in [1.82, 2.24) is 14.8 Å². The summed E-state index contributed by atoms with van der Waals surface area (Å²) in [5.41, 5.74) is 9.63. The van der Waals surface area contributed by atoms with Gasteiger partial charge in [-0.05, 0) is 48.9 Å². The number of benzene rings is 2. The number of carbonyl (C=O) groups excluding carboxylic acids is 1. The monoisotopic (exact) mass is 408 g/mol. The van der Waals surface area contributed by atoms with E-state index in [9.17, 15) is 4.79 Å². The number of hydrogen-bond acceptors (Lipinski definition) is 5. The summed E-state index contributed by atoms with van der Waals surface area (Å²) >= 11 is 6.04. The molecule has 148 valence electrons. The molecule has 0 radical (unpaired) electrons. The highest BCUT2D eigenvalue weighted by molar-refractivity contribution is 6.30. The third kappa shape index (κ3) is 3.45. The number of nitrogens with two attached hydrogens (primary N) is 1. The Labute approximate surface area is 173 Å². The van der Waals surface area contributed by atoms with Gasteiger partial charge in [-0.1, -0.05) is 23.7 Å². The van der Waals surface area contributed by atoms with Crippen LogP contribution in [0.4, 0.5) is 11.6 Å². The number of anilines is 2. The lowest BCUT2D eigenvalue weighted by Gasteiger charge is -2.27. The van der Waals surface area contributed by atoms with E-state index < -0.39 is 11.9 Å². The molecular weight excluding hydrogens is 388 g/mol. The van der Waals surface area contributed by atoms with Crippen LogP contribution in [0.1, 0.15) is 18.5 Å². The fourth-order valence-electron chi connectivity index (χ4n) is 3.45. The highest BCUT2D eigenvalue weighted by atomic mass is 35.5. The van der Waals surface area contributed by atoms with Gasteiger partial charge in [0.15, 0.2) is 5.82 Å². The predicted molar refractivity (Wildman–Crippen MR) is 115 cm³/mol. The lowest BCUT2D eigenvalue weighted by Crippen LogP contribution is -2.31. The fourth-order valence-corrected chi connectivity index (χ4v) is 3.58. The van der Waals surface area contributed by atoms with Gasteiger partial charge in [0.25, 0.3) is 0 Å². The second-order valence-corrected chi connectivity index (χ2v) is 7.56. The summed E-state index contributed by atoms with van der Waals surface area (Å²) in [5, 5.41) is 8.47. The van der Waals surface area contributed by atoms with Crippen molar-refractivity contribution in [2.45, 2.75) is 13.0 Å². The van der Waals surface area contributed by atoms with Crippen LogP contribution in [0.5, 0.6) is 0 Å². The van der Waals surface area contributed by atoms with Crippen LogP contribution >= 0.6 is 11.6 Å². The summed E-state index contributed by atoms with van der Waals surface area (Å²) in [6.45, 7) is 1.81. The van der Waals surface area contributed by atoms with Crippen molar-refractivity contribution >= 4 is 29.1 Å². The highest BCUT2D eigenvalue weighted by Gasteiger charge is 2.33. The van der Waals surface area contributed by atoms with Crippen molar-refractivity contribution in [2.24, 2.45) is 5.73 Å². The maximum Gasteiger partial charge on any atom is 0.248 e. The normalized spacial score (nSPS) is 15.7. The van der Waals surface area contributed by atoms with Gasteiger partial charge in [0.1, 0.15) is 6.04 Å². The number of aromatic nitrogens is 3. The predicted octanol–water partition coefficient (Wildman–Crippen LogP) is 3.44. The number of carbonyl (C=O) groups is 1. The third-order valence-corrected chi connectivity index (χ3v) is 5.20. The first-order chi connectivity index (χ1) is 13.8. The number of allylic oxidation sites excluding steroid dienone is 1. The highest BCUT2D eigenvalue weighted by Crippen LogP contribution is 2.36. The van der Waals surface area contributed by atoms with Crippen LogP contribution in [0.15, 0.2) is 59.8 Å². The van der Waals surface area contributed by atoms with Gasteiger partial charge in [-0.2, -0.15) is 4.98 Å². The lowest BCUT2D eigenvalue weighted by molar-refractivity contribution is -0.115. The molecule has 1 aliphatic heterocycles. The molecule has 7 nitrogen and oxygen atoms in total. The average Bonchev–Trinajstić information content (AvgIpc) is 3.11. The number of nitrogens with one attached hydrogen (secondary N) is 1. The molecule has 3 aromatic rings. The van der Waals surface area contributed by atoms with Gasteiger partial charge in [-0.25, -0.2) is 4.68 Å². The summed E-state index contributed by atoms with van der Waals surface area (Å²) in [6.07, 6.45) is 0. The number of amides is 1. The van der Waals surface area contributed by atoms with Gasteiger partial charge < -0.3 is 16.0 Å². The molecule has 2 heterocycles. The van der Waals surface area contributed by atoms with Crippen LogP contribution in [0.3, 0.4) is 0 Å². The summed E-state index contributed by atoms with van der Waals surface area (Å²) in [7, 11) is 3.98. The van der Waals surface area contributed by atoms with Gasteiger partial charge in [-0.15, -0.1) is 5.10 Å². The van der Waals surface area contributed by atoms with E-state index in [1.54, 1.807) is 16.8 Å². The molecule has 8 heteroatoms. The number of hydrogen-bond donors (Lipinski definition) is 2. The van der Waals surface area contributed by atoms with E-state index in [2.05, 4.69) is 10.3 Å². The van der Waals surface area contributed by atoms with Gasteiger partial charge in [0.2, 0.25) is 11.9 Å². The summed E-state index contributed by atoms with van der Waals surface area (Å²) < 4.78 is 1.70. The molecule has 1 amide bonds. The van der Waals surface area contributed by atoms with Crippen LogP contribution in [0.25, 0.3) is 11.4 Å². The average molecular weight is 409 g/mol. The van der Waals surface area contributed by atoms with Crippen LogP contribution < -0.4 is 16.0 Å². The SMILES string of the molecule is CC1=C(C(N)=O)[C@@H](c2ccc(Cl)cc2)n2nc(-c3ccc(N(C)C)cc3)nc2N1. The Morgan fingerprint density at radius 2 is 1.79 bits per heavy atom. The van der Waals surface area contributed by atoms with Crippen molar-refractivity contribution in [3.05, 3.63) is 70.4 Å². The third-order valence-electron chi connectivity index (χ3n) is 4.95. The first-order valence-corrected chi connectivity index (χ1v) is 9.50. The van der Waals surface area contributed by atoms with Crippen molar-refractivity contribution in [2.75, 3.05) is 24.3 Å². The number of halogens is 1. The zero-order valence-corrected chi connectivity index (χ0v) is 17.1. The maximum atomic E-state index is 12.2. The number of primary amides is 1. The Hall–Kier alpha value is -3.32. The van der Waals surface area contributed by atoms with Crippen molar-refractivity contribution in [1.29, 1.82) is 0 Å². The largest absolute Gasteiger partial charge is 0.378 e. The molecule has 3 N–H and O–H groups in total. The molecule has 0 spiro atoms. The number of rotatable bonds is 4. The van der Waals surface area contributed by atoms with Crippen molar-refractivity contribution in [3.8, 4) is 11.4 Å². The fraction of sp³-hybridized carbons (Fsp3) is 0.190. The molecule has 0 unspecified atom stereocenters. The Bertz CT molecular complexity index is 1100. The molecule has 0 fully saturated rings. The molecule has 2 aromatic carbocycles. The first-order valence-electron chi connectivity index (χ1n) is 9.12. The minimum Gasteiger partial charge on any atom is -0.378 e. The molecule has 1 aromatic heterocycles. The Morgan fingerprint density at radius 1 is 1.14 bits per heavy atom. The summed E-state index contributed by atoms with van der Waals surface area (Å²) in [5.74, 6) is 0.613. The Balaban J connectivity index is 1.81. The molecule has 0 saturated carbocycles. The quantitative estimate of drug-likeness (QED) is 0.690. The molecule has 0 bridgehead atoms. The van der Waals surface area contributed by atoms with Crippen molar-refractivity contribution in [3.63, 3.8) is 0 Å². The number of nitrogens with zero attached hydrogens (tertiary/aromatic N) is 4. The van der Waals surface area contributed by atoms with E-state index in [1.165, 1.54) is 0 Å². The lowest BCUT2D eigenvalue weighted by atomic mass is 9.95. The Morgan fingerprint density at radius 3 is 2.38 bits per heavy atom. The zero-order valence-electron chi connectivity index (χ0n) is 16.3. The second kappa shape index (κ2) is 7.25. The van der Waals surface area contributed by atoms with Crippen LogP contribution in [-0.2, 0) is 4.79 Å². The molecule has 29 heavy (non-hydrogen) atoms. The maximum absolute atomic E-state index is 12.2. The topological polar surface area (TPSA) is 89.1 Å². The standard InChI is InChI=1S/C21H21ClN6O/c1-12-17(19(23)29)18(13-4-8-15(22)9-5-13)28-21(24-12)25-20(26-28)14-6-10-16(11-7-14)27(2)3/h4-11,18H,1-3H3,(H2,23,29)(H,24,25,26)/t18-/m1/s1. The molecule has 4 rings (SSSR count). The van der Waals surface area contributed by atoms with Crippen LogP contribution in [0.2, 0.25) is 5.02 Å². The van der Waals surface area contributed by atoms with E-state index in [4.69, 9.17) is 22.4 Å². The minimum atomic E-state index is -0.506. The molecule has 1 atom stereocenters. The van der Waals surface area contributed by atoms with Crippen LogP contribution in [-0.4, -0.2) is 34.8 Å². The summed E-state index contributed by atoms with van der Waals surface area (Å²) in [6, 6.07) is 14.8. The van der Waals surface area contributed by atoms with E-state index in [-0.39, 0.29) is 0 Å². The van der Waals surface area contributed by atoms with E-state index in [0.717, 1.165) is 16.8 Å². The van der Waals surface area contributed by atoms with E-state index in [1.807, 2.05) is 62.3 Å². The molecular formula is C21H21ClN6O. The smallest absolute Gasteiger partial charge is 0.248 e. The van der Waals surface area contributed by atoms with Gasteiger partial charge >= 0.3 is 0 Å². The Kier molecular flexibility index (Phi) is 4.76. The first kappa shape index (κ1) is 19.0. The zero-order chi connectivity index (χ0) is 20.7. The van der Waals surface area contributed by atoms with Gasteiger partial charge in [-0.3, -0.25) is 4.79 Å². The number of fused-ring (bicyclic) bond motifs is 1. The van der Waals surface area contributed by atoms with Crippen LogP contribution in [0, 0.1) is 0 Å². The van der Waals surface area contributed by atoms with E-state index >= 15 is 0 Å². The minimum absolute atomic E-state index is 0.444. The van der Waals surface area contributed by atoms with Crippen molar-refractivity contribution < 1.29 is 4.79 Å². The molecule has 0 saturated heterocycles. The van der Waals surface area contributed by atoms with E-state index in [0.29, 0.717) is 28.1 Å².